The fourth-order valence-electron chi connectivity index (χ4n) is 1.84. The van der Waals surface area contributed by atoms with E-state index < -0.39 is 0 Å². The molecule has 2 N–H and O–H groups in total. The Morgan fingerprint density at radius 3 is 2.35 bits per heavy atom. The molecule has 0 saturated heterocycles. The van der Waals surface area contributed by atoms with Gasteiger partial charge in [0.1, 0.15) is 5.82 Å². The van der Waals surface area contributed by atoms with Gasteiger partial charge in [-0.25, -0.2) is 4.98 Å². The maximum absolute atomic E-state index is 5.88. The zero-order chi connectivity index (χ0) is 12.4. The monoisotopic (exact) mass is 232 g/mol. The first-order chi connectivity index (χ1) is 8.19. The van der Waals surface area contributed by atoms with Gasteiger partial charge in [-0.1, -0.05) is 6.92 Å². The molecule has 4 heteroatoms. The average molecular weight is 232 g/mol. The third kappa shape index (κ3) is 1.98. The summed E-state index contributed by atoms with van der Waals surface area (Å²) in [6.07, 6.45) is 0.864. The predicted molar refractivity (Wildman–Crippen MR) is 68.6 cm³/mol. The number of nitrogen functional groups attached to an aromatic ring is 1. The topological polar surface area (TPSA) is 57.4 Å². The second kappa shape index (κ2) is 4.49. The van der Waals surface area contributed by atoms with Crippen molar-refractivity contribution in [3.63, 3.8) is 0 Å². The van der Waals surface area contributed by atoms with Crippen molar-refractivity contribution < 1.29 is 9.47 Å². The van der Waals surface area contributed by atoms with Crippen LogP contribution in [0.25, 0.3) is 10.9 Å². The fraction of sp³-hybridized carbons (Fsp3) is 0.308. The Morgan fingerprint density at radius 1 is 1.12 bits per heavy atom. The number of nitrogens with two attached hydrogens (primary N) is 1. The Morgan fingerprint density at radius 2 is 1.76 bits per heavy atom. The molecule has 2 aromatic rings. The maximum Gasteiger partial charge on any atom is 0.162 e. The van der Waals surface area contributed by atoms with Crippen LogP contribution < -0.4 is 15.2 Å². The summed E-state index contributed by atoms with van der Waals surface area (Å²) in [7, 11) is 3.22. The van der Waals surface area contributed by atoms with Crippen LogP contribution in [0.4, 0.5) is 5.82 Å². The van der Waals surface area contributed by atoms with Gasteiger partial charge in [0.2, 0.25) is 0 Å². The van der Waals surface area contributed by atoms with Gasteiger partial charge >= 0.3 is 0 Å². The molecule has 0 aliphatic heterocycles. The number of fused-ring (bicyclic) bond motifs is 1. The van der Waals surface area contributed by atoms with Crippen LogP contribution in [-0.4, -0.2) is 19.2 Å². The van der Waals surface area contributed by atoms with Crippen molar-refractivity contribution in [1.29, 1.82) is 0 Å². The van der Waals surface area contributed by atoms with E-state index >= 15 is 0 Å². The lowest BCUT2D eigenvalue weighted by atomic mass is 10.1. The quantitative estimate of drug-likeness (QED) is 0.882. The predicted octanol–water partition coefficient (Wildman–Crippen LogP) is 2.40. The molecular formula is C13H16N2O2. The Balaban J connectivity index is 2.70. The number of anilines is 1. The van der Waals surface area contributed by atoms with E-state index in [4.69, 9.17) is 15.2 Å². The molecule has 0 fully saturated rings. The molecule has 0 saturated carbocycles. The standard InChI is InChI=1S/C13H16N2O2/c1-4-8-5-9-6-11(16-2)12(17-3)7-10(9)15-13(8)14/h5-7H,4H2,1-3H3,(H2,14,15). The number of nitrogens with zero attached hydrogens (tertiary/aromatic N) is 1. The van der Waals surface area contributed by atoms with Gasteiger partial charge in [0, 0.05) is 11.5 Å². The van der Waals surface area contributed by atoms with Crippen LogP contribution in [0.15, 0.2) is 18.2 Å². The molecule has 0 unspecified atom stereocenters. The lowest BCUT2D eigenvalue weighted by molar-refractivity contribution is 0.356. The first-order valence-corrected chi connectivity index (χ1v) is 5.50. The van der Waals surface area contributed by atoms with Crippen molar-refractivity contribution in [1.82, 2.24) is 4.98 Å². The van der Waals surface area contributed by atoms with E-state index in [1.54, 1.807) is 14.2 Å². The number of pyridine rings is 1. The fourth-order valence-corrected chi connectivity index (χ4v) is 1.84. The molecule has 0 radical (unpaired) electrons. The van der Waals surface area contributed by atoms with Crippen molar-refractivity contribution in [2.45, 2.75) is 13.3 Å². The van der Waals surface area contributed by atoms with Crippen LogP contribution in [0.3, 0.4) is 0 Å². The van der Waals surface area contributed by atoms with Gasteiger partial charge in [-0.2, -0.15) is 0 Å². The smallest absolute Gasteiger partial charge is 0.162 e. The highest BCUT2D eigenvalue weighted by Gasteiger charge is 2.09. The second-order valence-electron chi connectivity index (χ2n) is 3.79. The summed E-state index contributed by atoms with van der Waals surface area (Å²) in [5.41, 5.74) is 7.74. The normalized spacial score (nSPS) is 10.5. The minimum absolute atomic E-state index is 0.576. The number of ether oxygens (including phenoxy) is 2. The van der Waals surface area contributed by atoms with Crippen molar-refractivity contribution in [2.24, 2.45) is 0 Å². The summed E-state index contributed by atoms with van der Waals surface area (Å²) in [6, 6.07) is 5.80. The van der Waals surface area contributed by atoms with Crippen molar-refractivity contribution in [3.8, 4) is 11.5 Å². The molecule has 17 heavy (non-hydrogen) atoms. The minimum atomic E-state index is 0.576. The van der Waals surface area contributed by atoms with Gasteiger partial charge in [-0.15, -0.1) is 0 Å². The van der Waals surface area contributed by atoms with E-state index in [2.05, 4.69) is 11.9 Å². The molecule has 2 rings (SSSR count). The third-order valence-corrected chi connectivity index (χ3v) is 2.81. The van der Waals surface area contributed by atoms with E-state index in [0.29, 0.717) is 17.3 Å². The average Bonchev–Trinajstić information content (AvgIpc) is 2.36. The van der Waals surface area contributed by atoms with Gasteiger partial charge in [0.25, 0.3) is 0 Å². The molecule has 1 aromatic carbocycles. The molecule has 1 aromatic heterocycles. The lowest BCUT2D eigenvalue weighted by Gasteiger charge is -2.10. The largest absolute Gasteiger partial charge is 0.493 e. The highest BCUT2D eigenvalue weighted by atomic mass is 16.5. The van der Waals surface area contributed by atoms with E-state index in [9.17, 15) is 0 Å². The van der Waals surface area contributed by atoms with Gasteiger partial charge < -0.3 is 15.2 Å². The second-order valence-corrected chi connectivity index (χ2v) is 3.79. The highest BCUT2D eigenvalue weighted by molar-refractivity contribution is 5.85. The van der Waals surface area contributed by atoms with Crippen molar-refractivity contribution >= 4 is 16.7 Å². The van der Waals surface area contributed by atoms with Gasteiger partial charge in [0.15, 0.2) is 11.5 Å². The van der Waals surface area contributed by atoms with E-state index in [1.165, 1.54) is 0 Å². The Bertz CT molecular complexity index is 553. The lowest BCUT2D eigenvalue weighted by Crippen LogP contribution is -1.98. The zero-order valence-electron chi connectivity index (χ0n) is 10.3. The number of methoxy groups -OCH3 is 2. The zero-order valence-corrected chi connectivity index (χ0v) is 10.3. The highest BCUT2D eigenvalue weighted by Crippen LogP contribution is 2.32. The SMILES string of the molecule is CCc1cc2cc(OC)c(OC)cc2nc1N. The minimum Gasteiger partial charge on any atom is -0.493 e. The third-order valence-electron chi connectivity index (χ3n) is 2.81. The van der Waals surface area contributed by atoms with Gasteiger partial charge in [-0.05, 0) is 24.1 Å². The molecule has 0 aliphatic carbocycles. The van der Waals surface area contributed by atoms with Crippen LogP contribution >= 0.6 is 0 Å². The summed E-state index contributed by atoms with van der Waals surface area (Å²) in [4.78, 5) is 4.37. The number of rotatable bonds is 3. The van der Waals surface area contributed by atoms with Crippen molar-refractivity contribution in [2.75, 3.05) is 20.0 Å². The summed E-state index contributed by atoms with van der Waals surface area (Å²) in [6.45, 7) is 2.06. The molecule has 0 bridgehead atoms. The number of benzene rings is 1. The summed E-state index contributed by atoms with van der Waals surface area (Å²) >= 11 is 0. The maximum atomic E-state index is 5.88. The van der Waals surface area contributed by atoms with Crippen LogP contribution in [-0.2, 0) is 6.42 Å². The Labute approximate surface area is 100 Å². The molecule has 0 spiro atoms. The molecule has 0 aliphatic rings. The van der Waals surface area contributed by atoms with Gasteiger partial charge in [0.05, 0.1) is 19.7 Å². The first-order valence-electron chi connectivity index (χ1n) is 5.50. The van der Waals surface area contributed by atoms with E-state index in [1.807, 2.05) is 18.2 Å². The molecule has 0 amide bonds. The number of hydrogen-bond donors (Lipinski definition) is 1. The number of hydrogen-bond acceptors (Lipinski definition) is 4. The Hall–Kier alpha value is -1.97. The van der Waals surface area contributed by atoms with Crippen LogP contribution in [0, 0.1) is 0 Å². The summed E-state index contributed by atoms with van der Waals surface area (Å²) in [5.74, 6) is 1.94. The molecule has 0 atom stereocenters. The Kier molecular flexibility index (Phi) is 3.04. The molecule has 90 valence electrons. The van der Waals surface area contributed by atoms with Crippen molar-refractivity contribution in [3.05, 3.63) is 23.8 Å². The number of aromatic nitrogens is 1. The first kappa shape index (κ1) is 11.5. The van der Waals surface area contributed by atoms with E-state index in [-0.39, 0.29) is 0 Å². The van der Waals surface area contributed by atoms with Crippen LogP contribution in [0.5, 0.6) is 11.5 Å². The summed E-state index contributed by atoms with van der Waals surface area (Å²) < 4.78 is 10.5. The van der Waals surface area contributed by atoms with Gasteiger partial charge in [-0.3, -0.25) is 0 Å². The summed E-state index contributed by atoms with van der Waals surface area (Å²) in [5, 5.41) is 1.01. The van der Waals surface area contributed by atoms with Crippen LogP contribution in [0.1, 0.15) is 12.5 Å². The molecule has 1 heterocycles. The van der Waals surface area contributed by atoms with E-state index in [0.717, 1.165) is 22.9 Å². The molecular weight excluding hydrogens is 216 g/mol. The van der Waals surface area contributed by atoms with Crippen LogP contribution in [0.2, 0.25) is 0 Å². The molecule has 4 nitrogen and oxygen atoms in total. The number of aryl methyl sites for hydroxylation is 1.